The van der Waals surface area contributed by atoms with E-state index in [1.165, 1.54) is 0 Å². The Morgan fingerprint density at radius 1 is 1.17 bits per heavy atom. The minimum absolute atomic E-state index is 0.262. The van der Waals surface area contributed by atoms with Crippen molar-refractivity contribution in [3.05, 3.63) is 53.7 Å². The van der Waals surface area contributed by atoms with Crippen molar-refractivity contribution in [1.82, 2.24) is 4.98 Å². The fourth-order valence-corrected chi connectivity index (χ4v) is 2.09. The van der Waals surface area contributed by atoms with Gasteiger partial charge in [-0.25, -0.2) is 0 Å². The van der Waals surface area contributed by atoms with Gasteiger partial charge in [-0.1, -0.05) is 31.2 Å². The van der Waals surface area contributed by atoms with Crippen LogP contribution in [0.5, 0.6) is 0 Å². The minimum Gasteiger partial charge on any atom is -0.299 e. The van der Waals surface area contributed by atoms with Gasteiger partial charge >= 0.3 is 0 Å². The first kappa shape index (κ1) is 12.5. The fraction of sp³-hybridized carbons (Fsp3) is 0.250. The van der Waals surface area contributed by atoms with Gasteiger partial charge < -0.3 is 0 Å². The number of hydrogen-bond acceptors (Lipinski definition) is 2. The Morgan fingerprint density at radius 2 is 2.00 bits per heavy atom. The van der Waals surface area contributed by atoms with Crippen LogP contribution < -0.4 is 0 Å². The van der Waals surface area contributed by atoms with Crippen LogP contribution in [0.25, 0.3) is 11.3 Å². The van der Waals surface area contributed by atoms with Crippen molar-refractivity contribution >= 4 is 5.78 Å². The molecule has 0 N–H and O–H groups in total. The predicted molar refractivity (Wildman–Crippen MR) is 73.4 cm³/mol. The Labute approximate surface area is 108 Å². The van der Waals surface area contributed by atoms with Crippen molar-refractivity contribution in [2.75, 3.05) is 0 Å². The number of nitrogens with zero attached hydrogens (tertiary/aromatic N) is 1. The number of ketones is 1. The van der Waals surface area contributed by atoms with Gasteiger partial charge in [-0.15, -0.1) is 0 Å². The van der Waals surface area contributed by atoms with E-state index in [1.54, 1.807) is 6.20 Å². The van der Waals surface area contributed by atoms with Crippen LogP contribution in [0.1, 0.15) is 24.5 Å². The summed E-state index contributed by atoms with van der Waals surface area (Å²) < 4.78 is 0. The molecular formula is C16H17NO. The summed E-state index contributed by atoms with van der Waals surface area (Å²) in [6.07, 6.45) is 2.85. The van der Waals surface area contributed by atoms with Crippen LogP contribution in [0.15, 0.2) is 42.6 Å². The molecule has 18 heavy (non-hydrogen) atoms. The Morgan fingerprint density at radius 3 is 2.67 bits per heavy atom. The van der Waals surface area contributed by atoms with E-state index < -0.39 is 0 Å². The third kappa shape index (κ3) is 2.65. The molecule has 2 nitrogen and oxygen atoms in total. The average Bonchev–Trinajstić information content (AvgIpc) is 2.40. The van der Waals surface area contributed by atoms with Crippen molar-refractivity contribution in [2.45, 2.75) is 26.7 Å². The second kappa shape index (κ2) is 5.58. The molecule has 0 atom stereocenters. The highest BCUT2D eigenvalue weighted by molar-refractivity contribution is 5.83. The summed E-state index contributed by atoms with van der Waals surface area (Å²) in [5.74, 6) is 0.262. The van der Waals surface area contributed by atoms with E-state index in [1.807, 2.05) is 37.3 Å². The second-order valence-electron chi connectivity index (χ2n) is 4.39. The van der Waals surface area contributed by atoms with Gasteiger partial charge in [-0.3, -0.25) is 9.78 Å². The normalized spacial score (nSPS) is 10.3. The van der Waals surface area contributed by atoms with E-state index in [4.69, 9.17) is 0 Å². The highest BCUT2D eigenvalue weighted by Gasteiger charge is 2.11. The molecule has 0 saturated heterocycles. The molecule has 0 unspecified atom stereocenters. The molecule has 0 saturated carbocycles. The van der Waals surface area contributed by atoms with Crippen LogP contribution in [-0.2, 0) is 11.2 Å². The van der Waals surface area contributed by atoms with Crippen molar-refractivity contribution in [1.29, 1.82) is 0 Å². The summed E-state index contributed by atoms with van der Waals surface area (Å²) >= 11 is 0. The van der Waals surface area contributed by atoms with Gasteiger partial charge in [0.1, 0.15) is 5.78 Å². The Balaban J connectivity index is 2.48. The van der Waals surface area contributed by atoms with Gasteiger partial charge in [0.2, 0.25) is 0 Å². The maximum Gasteiger partial charge on any atom is 0.137 e. The summed E-state index contributed by atoms with van der Waals surface area (Å²) in [5, 5.41) is 0. The highest BCUT2D eigenvalue weighted by Crippen LogP contribution is 2.26. The zero-order valence-corrected chi connectivity index (χ0v) is 10.8. The van der Waals surface area contributed by atoms with E-state index in [2.05, 4.69) is 18.0 Å². The SMILES string of the molecule is CCC(=O)Cc1cccc(C)c1-c1ccccn1. The maximum atomic E-state index is 11.7. The molecule has 2 heteroatoms. The number of carbonyl (C=O) groups excluding carboxylic acids is 1. The van der Waals surface area contributed by atoms with Gasteiger partial charge in [0.05, 0.1) is 5.69 Å². The topological polar surface area (TPSA) is 30.0 Å². The van der Waals surface area contributed by atoms with Crippen LogP contribution in [-0.4, -0.2) is 10.8 Å². The largest absolute Gasteiger partial charge is 0.299 e. The first-order valence-corrected chi connectivity index (χ1v) is 6.24. The number of aryl methyl sites for hydroxylation is 1. The van der Waals surface area contributed by atoms with Crippen LogP contribution in [0.2, 0.25) is 0 Å². The van der Waals surface area contributed by atoms with E-state index in [0.29, 0.717) is 12.8 Å². The number of benzene rings is 1. The van der Waals surface area contributed by atoms with Crippen molar-refractivity contribution in [2.24, 2.45) is 0 Å². The standard InChI is InChI=1S/C16H17NO/c1-3-14(18)11-13-8-6-7-12(2)16(13)15-9-4-5-10-17-15/h4-10H,3,11H2,1-2H3. The molecule has 0 bridgehead atoms. The molecule has 0 spiro atoms. The third-order valence-corrected chi connectivity index (χ3v) is 3.06. The lowest BCUT2D eigenvalue weighted by molar-refractivity contribution is -0.118. The molecule has 0 aliphatic carbocycles. The molecule has 1 heterocycles. The number of Topliss-reactive ketones (excluding diaryl/α,β-unsaturated/α-hetero) is 1. The minimum atomic E-state index is 0.262. The molecule has 1 aromatic heterocycles. The van der Waals surface area contributed by atoms with Crippen molar-refractivity contribution in [3.8, 4) is 11.3 Å². The lowest BCUT2D eigenvalue weighted by atomic mass is 9.95. The Kier molecular flexibility index (Phi) is 3.88. The lowest BCUT2D eigenvalue weighted by Crippen LogP contribution is -2.03. The molecule has 0 aliphatic rings. The van der Waals surface area contributed by atoms with Gasteiger partial charge in [0.25, 0.3) is 0 Å². The molecule has 1 aromatic carbocycles. The van der Waals surface area contributed by atoms with Gasteiger partial charge in [0.15, 0.2) is 0 Å². The number of hydrogen-bond donors (Lipinski definition) is 0. The van der Waals surface area contributed by atoms with E-state index in [9.17, 15) is 4.79 Å². The quantitative estimate of drug-likeness (QED) is 0.816. The average molecular weight is 239 g/mol. The number of rotatable bonds is 4. The summed E-state index contributed by atoms with van der Waals surface area (Å²) in [5.41, 5.74) is 4.27. The number of aromatic nitrogens is 1. The smallest absolute Gasteiger partial charge is 0.137 e. The monoisotopic (exact) mass is 239 g/mol. The Bertz CT molecular complexity index is 546. The summed E-state index contributed by atoms with van der Waals surface area (Å²) in [6, 6.07) is 11.9. The third-order valence-electron chi connectivity index (χ3n) is 3.06. The van der Waals surface area contributed by atoms with Gasteiger partial charge in [-0.2, -0.15) is 0 Å². The number of carbonyl (C=O) groups is 1. The van der Waals surface area contributed by atoms with Gasteiger partial charge in [0, 0.05) is 24.6 Å². The van der Waals surface area contributed by atoms with Crippen LogP contribution in [0.4, 0.5) is 0 Å². The van der Waals surface area contributed by atoms with E-state index >= 15 is 0 Å². The van der Waals surface area contributed by atoms with Crippen LogP contribution >= 0.6 is 0 Å². The summed E-state index contributed by atoms with van der Waals surface area (Å²) in [6.45, 7) is 3.96. The van der Waals surface area contributed by atoms with Crippen LogP contribution in [0.3, 0.4) is 0 Å². The predicted octanol–water partition coefficient (Wildman–Crippen LogP) is 3.58. The Hall–Kier alpha value is -1.96. The molecule has 2 aromatic rings. The molecule has 0 fully saturated rings. The molecule has 0 aliphatic heterocycles. The first-order valence-electron chi connectivity index (χ1n) is 6.24. The van der Waals surface area contributed by atoms with Gasteiger partial charge in [-0.05, 0) is 30.2 Å². The zero-order valence-electron chi connectivity index (χ0n) is 10.8. The molecule has 0 amide bonds. The highest BCUT2D eigenvalue weighted by atomic mass is 16.1. The van der Waals surface area contributed by atoms with Crippen LogP contribution in [0, 0.1) is 6.92 Å². The first-order chi connectivity index (χ1) is 8.72. The fourth-order valence-electron chi connectivity index (χ4n) is 2.09. The van der Waals surface area contributed by atoms with Crippen molar-refractivity contribution in [3.63, 3.8) is 0 Å². The van der Waals surface area contributed by atoms with E-state index in [0.717, 1.165) is 22.4 Å². The molecule has 92 valence electrons. The molecule has 2 rings (SSSR count). The maximum absolute atomic E-state index is 11.7. The molecule has 0 radical (unpaired) electrons. The number of pyridine rings is 1. The second-order valence-corrected chi connectivity index (χ2v) is 4.39. The lowest BCUT2D eigenvalue weighted by Gasteiger charge is -2.11. The van der Waals surface area contributed by atoms with Crippen molar-refractivity contribution < 1.29 is 4.79 Å². The molecular weight excluding hydrogens is 222 g/mol. The zero-order chi connectivity index (χ0) is 13.0. The van der Waals surface area contributed by atoms with E-state index in [-0.39, 0.29) is 5.78 Å². The summed E-state index contributed by atoms with van der Waals surface area (Å²) in [4.78, 5) is 16.0. The summed E-state index contributed by atoms with van der Waals surface area (Å²) in [7, 11) is 0.